The fraction of sp³-hybridized carbons (Fsp3) is 0.364. The monoisotopic (exact) mass is 251 g/mol. The van der Waals surface area contributed by atoms with E-state index in [4.69, 9.17) is 11.6 Å². The van der Waals surface area contributed by atoms with E-state index >= 15 is 0 Å². The number of rotatable bonds is 3. The summed E-state index contributed by atoms with van der Waals surface area (Å²) in [4.78, 5) is 12.6. The van der Waals surface area contributed by atoms with Gasteiger partial charge in [-0.1, -0.05) is 11.6 Å². The Balaban J connectivity index is 2.17. The van der Waals surface area contributed by atoms with Crippen LogP contribution in [-0.2, 0) is 13.6 Å². The number of imidazole rings is 1. The molecular weight excluding hydrogens is 238 g/mol. The second kappa shape index (κ2) is 4.71. The highest BCUT2D eigenvalue weighted by Gasteiger charge is 2.07. The van der Waals surface area contributed by atoms with Gasteiger partial charge in [-0.25, -0.2) is 15.0 Å². The Morgan fingerprint density at radius 2 is 2.12 bits per heavy atom. The van der Waals surface area contributed by atoms with Crippen LogP contribution in [0.2, 0.25) is 5.15 Å². The van der Waals surface area contributed by atoms with Gasteiger partial charge in [0.15, 0.2) is 0 Å². The summed E-state index contributed by atoms with van der Waals surface area (Å²) >= 11 is 6.00. The van der Waals surface area contributed by atoms with Crippen LogP contribution in [0.15, 0.2) is 12.4 Å². The van der Waals surface area contributed by atoms with Gasteiger partial charge in [-0.15, -0.1) is 0 Å². The van der Waals surface area contributed by atoms with Crippen molar-refractivity contribution in [3.63, 3.8) is 0 Å². The van der Waals surface area contributed by atoms with E-state index in [2.05, 4.69) is 20.3 Å². The molecule has 2 heterocycles. The molecule has 0 saturated heterocycles. The number of nitrogens with zero attached hydrogens (tertiary/aromatic N) is 4. The van der Waals surface area contributed by atoms with Crippen LogP contribution in [0.1, 0.15) is 17.2 Å². The van der Waals surface area contributed by atoms with Crippen molar-refractivity contribution in [2.75, 3.05) is 5.32 Å². The molecular formula is C11H14ClN5. The van der Waals surface area contributed by atoms with E-state index in [-0.39, 0.29) is 0 Å². The van der Waals surface area contributed by atoms with Gasteiger partial charge in [0.25, 0.3) is 0 Å². The van der Waals surface area contributed by atoms with Crippen LogP contribution in [0.3, 0.4) is 0 Å². The Morgan fingerprint density at radius 1 is 1.35 bits per heavy atom. The lowest BCUT2D eigenvalue weighted by molar-refractivity contribution is 0.809. The van der Waals surface area contributed by atoms with Crippen molar-refractivity contribution in [2.24, 2.45) is 7.05 Å². The van der Waals surface area contributed by atoms with Crippen molar-refractivity contribution >= 4 is 17.4 Å². The van der Waals surface area contributed by atoms with E-state index in [0.717, 1.165) is 17.2 Å². The summed E-state index contributed by atoms with van der Waals surface area (Å²) in [6, 6.07) is 0. The Kier molecular flexibility index (Phi) is 3.28. The quantitative estimate of drug-likeness (QED) is 0.849. The molecule has 0 aromatic carbocycles. The van der Waals surface area contributed by atoms with Gasteiger partial charge in [-0.2, -0.15) is 0 Å². The highest BCUT2D eigenvalue weighted by Crippen LogP contribution is 2.19. The van der Waals surface area contributed by atoms with Crippen LogP contribution in [0, 0.1) is 13.8 Å². The molecule has 0 atom stereocenters. The maximum absolute atomic E-state index is 6.00. The highest BCUT2D eigenvalue weighted by atomic mass is 35.5. The molecule has 0 aliphatic heterocycles. The van der Waals surface area contributed by atoms with Gasteiger partial charge in [0.1, 0.15) is 22.6 Å². The van der Waals surface area contributed by atoms with Crippen LogP contribution < -0.4 is 5.32 Å². The molecule has 1 N–H and O–H groups in total. The largest absolute Gasteiger partial charge is 0.362 e. The first kappa shape index (κ1) is 11.9. The first-order valence-corrected chi connectivity index (χ1v) is 5.66. The Labute approximate surface area is 105 Å². The zero-order chi connectivity index (χ0) is 12.4. The minimum atomic E-state index is 0.486. The summed E-state index contributed by atoms with van der Waals surface area (Å²) in [6.07, 6.45) is 3.67. The minimum Gasteiger partial charge on any atom is -0.362 e. The number of anilines is 1. The maximum Gasteiger partial charge on any atom is 0.137 e. The predicted molar refractivity (Wildman–Crippen MR) is 67.1 cm³/mol. The van der Waals surface area contributed by atoms with Crippen LogP contribution in [0.5, 0.6) is 0 Å². The van der Waals surface area contributed by atoms with Gasteiger partial charge in [-0.05, 0) is 13.8 Å². The van der Waals surface area contributed by atoms with E-state index < -0.39 is 0 Å². The SMILES string of the molecule is Cc1nc(Cl)c(C)c(NCc2nccn2C)n1. The zero-order valence-electron chi connectivity index (χ0n) is 10.0. The molecule has 0 fully saturated rings. The molecule has 2 rings (SSSR count). The normalized spacial score (nSPS) is 10.6. The molecule has 0 amide bonds. The molecule has 0 aliphatic rings. The van der Waals surface area contributed by atoms with Gasteiger partial charge in [0, 0.05) is 25.0 Å². The van der Waals surface area contributed by atoms with Crippen molar-refractivity contribution in [1.29, 1.82) is 0 Å². The standard InChI is InChI=1S/C11H14ClN5/c1-7-10(12)15-8(2)16-11(7)14-6-9-13-4-5-17(9)3/h4-5H,6H2,1-3H3,(H,14,15,16). The first-order chi connectivity index (χ1) is 8.08. The third kappa shape index (κ3) is 2.55. The fourth-order valence-electron chi connectivity index (χ4n) is 1.50. The summed E-state index contributed by atoms with van der Waals surface area (Å²) in [7, 11) is 1.95. The second-order valence-electron chi connectivity index (χ2n) is 3.84. The zero-order valence-corrected chi connectivity index (χ0v) is 10.8. The van der Waals surface area contributed by atoms with Gasteiger partial charge >= 0.3 is 0 Å². The molecule has 17 heavy (non-hydrogen) atoms. The number of aryl methyl sites for hydroxylation is 2. The average molecular weight is 252 g/mol. The molecule has 5 nitrogen and oxygen atoms in total. The van der Waals surface area contributed by atoms with E-state index in [1.807, 2.05) is 31.7 Å². The second-order valence-corrected chi connectivity index (χ2v) is 4.20. The molecule has 0 bridgehead atoms. The lowest BCUT2D eigenvalue weighted by Crippen LogP contribution is -2.09. The smallest absolute Gasteiger partial charge is 0.137 e. The molecule has 2 aromatic heterocycles. The molecule has 2 aromatic rings. The van der Waals surface area contributed by atoms with Gasteiger partial charge in [0.05, 0.1) is 6.54 Å². The van der Waals surface area contributed by atoms with Gasteiger partial charge in [0.2, 0.25) is 0 Å². The summed E-state index contributed by atoms with van der Waals surface area (Å²) in [5.74, 6) is 2.35. The van der Waals surface area contributed by atoms with Gasteiger partial charge < -0.3 is 9.88 Å². The maximum atomic E-state index is 6.00. The fourth-order valence-corrected chi connectivity index (χ4v) is 1.71. The Morgan fingerprint density at radius 3 is 2.76 bits per heavy atom. The summed E-state index contributed by atoms with van der Waals surface area (Å²) in [5, 5.41) is 3.70. The number of halogens is 1. The number of hydrogen-bond donors (Lipinski definition) is 1. The molecule has 0 saturated carbocycles. The summed E-state index contributed by atoms with van der Waals surface area (Å²) < 4.78 is 1.96. The minimum absolute atomic E-state index is 0.486. The van der Waals surface area contributed by atoms with E-state index in [9.17, 15) is 0 Å². The van der Waals surface area contributed by atoms with E-state index in [0.29, 0.717) is 17.5 Å². The molecule has 0 radical (unpaired) electrons. The molecule has 90 valence electrons. The number of hydrogen-bond acceptors (Lipinski definition) is 4. The van der Waals surface area contributed by atoms with Crippen LogP contribution in [0.25, 0.3) is 0 Å². The summed E-state index contributed by atoms with van der Waals surface area (Å²) in [6.45, 7) is 4.32. The van der Waals surface area contributed by atoms with Crippen molar-refractivity contribution < 1.29 is 0 Å². The lowest BCUT2D eigenvalue weighted by Gasteiger charge is -2.10. The molecule has 0 aliphatic carbocycles. The van der Waals surface area contributed by atoms with Crippen LogP contribution in [0.4, 0.5) is 5.82 Å². The van der Waals surface area contributed by atoms with Crippen LogP contribution in [-0.4, -0.2) is 19.5 Å². The van der Waals surface area contributed by atoms with E-state index in [1.54, 1.807) is 6.20 Å². The van der Waals surface area contributed by atoms with Crippen molar-refractivity contribution in [1.82, 2.24) is 19.5 Å². The van der Waals surface area contributed by atoms with Crippen molar-refractivity contribution in [3.8, 4) is 0 Å². The Bertz CT molecular complexity index is 535. The highest BCUT2D eigenvalue weighted by molar-refractivity contribution is 6.30. The lowest BCUT2D eigenvalue weighted by atomic mass is 10.3. The summed E-state index contributed by atoms with van der Waals surface area (Å²) in [5.41, 5.74) is 0.853. The third-order valence-corrected chi connectivity index (χ3v) is 2.90. The van der Waals surface area contributed by atoms with Crippen LogP contribution >= 0.6 is 11.6 Å². The molecule has 0 unspecified atom stereocenters. The first-order valence-electron chi connectivity index (χ1n) is 5.28. The van der Waals surface area contributed by atoms with Crippen molar-refractivity contribution in [3.05, 3.63) is 34.8 Å². The average Bonchev–Trinajstić information content (AvgIpc) is 2.67. The molecule has 0 spiro atoms. The third-order valence-electron chi connectivity index (χ3n) is 2.53. The predicted octanol–water partition coefficient (Wildman–Crippen LogP) is 2.09. The van der Waals surface area contributed by atoms with E-state index in [1.165, 1.54) is 0 Å². The van der Waals surface area contributed by atoms with Crippen molar-refractivity contribution in [2.45, 2.75) is 20.4 Å². The topological polar surface area (TPSA) is 55.6 Å². The van der Waals surface area contributed by atoms with Gasteiger partial charge in [-0.3, -0.25) is 0 Å². The number of nitrogens with one attached hydrogen (secondary N) is 1. The Hall–Kier alpha value is -1.62. The molecule has 6 heteroatoms. The number of aromatic nitrogens is 4.